The van der Waals surface area contributed by atoms with E-state index < -0.39 is 5.91 Å². The highest BCUT2D eigenvalue weighted by Crippen LogP contribution is 2.31. The van der Waals surface area contributed by atoms with E-state index in [0.717, 1.165) is 17.5 Å². The number of benzene rings is 2. The van der Waals surface area contributed by atoms with E-state index in [1.54, 1.807) is 18.2 Å². The van der Waals surface area contributed by atoms with E-state index in [1.165, 1.54) is 12.7 Å². The van der Waals surface area contributed by atoms with Gasteiger partial charge in [-0.25, -0.2) is 0 Å². The topological polar surface area (TPSA) is 62.1 Å². The van der Waals surface area contributed by atoms with Crippen molar-refractivity contribution in [2.45, 2.75) is 20.3 Å². The number of nitrogens with one attached hydrogen (secondary N) is 1. The van der Waals surface area contributed by atoms with E-state index in [1.807, 2.05) is 37.3 Å². The molecule has 0 saturated carbocycles. The highest BCUT2D eigenvalue weighted by atomic mass is 35.5. The van der Waals surface area contributed by atoms with Gasteiger partial charge >= 0.3 is 0 Å². The zero-order chi connectivity index (χ0) is 18.4. The number of amides is 1. The lowest BCUT2D eigenvalue weighted by molar-refractivity contribution is -0.112. The molecule has 0 atom stereocenters. The number of carbonyl (C=O) groups is 1. The Kier molecular flexibility index (Phi) is 6.21. The first kappa shape index (κ1) is 18.6. The molecule has 0 heterocycles. The van der Waals surface area contributed by atoms with Gasteiger partial charge in [0.25, 0.3) is 5.91 Å². The molecule has 2 aromatic carbocycles. The molecule has 128 valence electrons. The number of anilines is 1. The standard InChI is InChI=1S/C20H19ClN2O2/c1-4-14-5-7-15(8-6-14)10-16(12-22)20(24)23-18-9-13(2)17(21)11-19(18)25-3/h5-11H,4H2,1-3H3,(H,23,24)/b16-10-. The van der Waals surface area contributed by atoms with E-state index in [9.17, 15) is 10.1 Å². The van der Waals surface area contributed by atoms with Crippen LogP contribution in [-0.2, 0) is 11.2 Å². The van der Waals surface area contributed by atoms with E-state index in [0.29, 0.717) is 16.5 Å². The fourth-order valence-electron chi connectivity index (χ4n) is 2.28. The van der Waals surface area contributed by atoms with Crippen LogP contribution in [0.15, 0.2) is 42.0 Å². The summed E-state index contributed by atoms with van der Waals surface area (Å²) >= 11 is 6.07. The molecule has 4 nitrogen and oxygen atoms in total. The molecule has 0 aliphatic rings. The van der Waals surface area contributed by atoms with Gasteiger partial charge in [-0.05, 0) is 42.2 Å². The van der Waals surface area contributed by atoms with Crippen molar-refractivity contribution < 1.29 is 9.53 Å². The van der Waals surface area contributed by atoms with Crippen LogP contribution in [0, 0.1) is 18.3 Å². The highest BCUT2D eigenvalue weighted by molar-refractivity contribution is 6.31. The zero-order valence-corrected chi connectivity index (χ0v) is 15.1. The van der Waals surface area contributed by atoms with Gasteiger partial charge in [0, 0.05) is 11.1 Å². The summed E-state index contributed by atoms with van der Waals surface area (Å²) in [7, 11) is 1.49. The number of ether oxygens (including phenoxy) is 1. The molecule has 0 aliphatic carbocycles. The average molecular weight is 355 g/mol. The van der Waals surface area contributed by atoms with E-state index >= 15 is 0 Å². The number of methoxy groups -OCH3 is 1. The lowest BCUT2D eigenvalue weighted by Gasteiger charge is -2.12. The Morgan fingerprint density at radius 2 is 2.00 bits per heavy atom. The molecule has 1 N–H and O–H groups in total. The minimum atomic E-state index is -0.498. The maximum absolute atomic E-state index is 12.4. The van der Waals surface area contributed by atoms with Crippen LogP contribution >= 0.6 is 11.6 Å². The molecule has 0 aliphatic heterocycles. The number of carbonyl (C=O) groups excluding carboxylic acids is 1. The van der Waals surface area contributed by atoms with E-state index in [-0.39, 0.29) is 5.57 Å². The molecule has 25 heavy (non-hydrogen) atoms. The van der Waals surface area contributed by atoms with Gasteiger partial charge in [0.15, 0.2) is 0 Å². The summed E-state index contributed by atoms with van der Waals surface area (Å²) in [6, 6.07) is 13.0. The van der Waals surface area contributed by atoms with Crippen molar-refractivity contribution >= 4 is 29.3 Å². The minimum absolute atomic E-state index is 0.0129. The number of halogens is 1. The second kappa shape index (κ2) is 8.36. The average Bonchev–Trinajstić information content (AvgIpc) is 2.62. The van der Waals surface area contributed by atoms with Gasteiger partial charge in [-0.2, -0.15) is 5.26 Å². The summed E-state index contributed by atoms with van der Waals surface area (Å²) in [6.07, 6.45) is 2.50. The fourth-order valence-corrected chi connectivity index (χ4v) is 2.44. The second-order valence-electron chi connectivity index (χ2n) is 5.52. The van der Waals surface area contributed by atoms with Crippen molar-refractivity contribution in [3.8, 4) is 11.8 Å². The van der Waals surface area contributed by atoms with Crippen LogP contribution in [0.3, 0.4) is 0 Å². The Morgan fingerprint density at radius 1 is 1.32 bits per heavy atom. The smallest absolute Gasteiger partial charge is 0.266 e. The van der Waals surface area contributed by atoms with Crippen molar-refractivity contribution in [2.24, 2.45) is 0 Å². The van der Waals surface area contributed by atoms with Crippen molar-refractivity contribution in [3.05, 3.63) is 63.7 Å². The molecule has 0 unspecified atom stereocenters. The summed E-state index contributed by atoms with van der Waals surface area (Å²) in [6.45, 7) is 3.90. The number of nitrogens with zero attached hydrogens (tertiary/aromatic N) is 1. The van der Waals surface area contributed by atoms with Gasteiger partial charge in [0.05, 0.1) is 12.8 Å². The van der Waals surface area contributed by atoms with Gasteiger partial charge in [-0.15, -0.1) is 0 Å². The quantitative estimate of drug-likeness (QED) is 0.621. The first-order valence-electron chi connectivity index (χ1n) is 7.84. The zero-order valence-electron chi connectivity index (χ0n) is 14.4. The number of rotatable bonds is 5. The van der Waals surface area contributed by atoms with Crippen LogP contribution in [0.1, 0.15) is 23.6 Å². The molecule has 0 bridgehead atoms. The van der Waals surface area contributed by atoms with Crippen molar-refractivity contribution in [3.63, 3.8) is 0 Å². The maximum Gasteiger partial charge on any atom is 0.266 e. The first-order chi connectivity index (χ1) is 12.0. The van der Waals surface area contributed by atoms with Crippen molar-refractivity contribution in [1.29, 1.82) is 5.26 Å². The minimum Gasteiger partial charge on any atom is -0.495 e. The van der Waals surface area contributed by atoms with Crippen LogP contribution in [0.5, 0.6) is 5.75 Å². The molecule has 5 heteroatoms. The molecule has 2 aromatic rings. The Bertz CT molecular complexity index is 849. The summed E-state index contributed by atoms with van der Waals surface area (Å²) in [4.78, 5) is 12.4. The lowest BCUT2D eigenvalue weighted by Crippen LogP contribution is -2.14. The molecule has 0 saturated heterocycles. The molecule has 2 rings (SSSR count). The Morgan fingerprint density at radius 3 is 2.56 bits per heavy atom. The van der Waals surface area contributed by atoms with Crippen LogP contribution < -0.4 is 10.1 Å². The van der Waals surface area contributed by atoms with Crippen LogP contribution in [0.4, 0.5) is 5.69 Å². The van der Waals surface area contributed by atoms with Gasteiger partial charge in [0.2, 0.25) is 0 Å². The predicted octanol–water partition coefficient (Wildman–Crippen LogP) is 4.77. The monoisotopic (exact) mass is 354 g/mol. The molecule has 1 amide bonds. The molecule has 0 fully saturated rings. The van der Waals surface area contributed by atoms with Crippen LogP contribution in [-0.4, -0.2) is 13.0 Å². The van der Waals surface area contributed by atoms with Gasteiger partial charge < -0.3 is 10.1 Å². The molecular formula is C20H19ClN2O2. The molecule has 0 aromatic heterocycles. The maximum atomic E-state index is 12.4. The summed E-state index contributed by atoms with van der Waals surface area (Å²) in [5.74, 6) is -0.0596. The van der Waals surface area contributed by atoms with Crippen molar-refractivity contribution in [2.75, 3.05) is 12.4 Å². The normalized spacial score (nSPS) is 10.9. The number of nitriles is 1. The Labute approximate surface area is 152 Å². The van der Waals surface area contributed by atoms with Crippen LogP contribution in [0.25, 0.3) is 6.08 Å². The first-order valence-corrected chi connectivity index (χ1v) is 8.22. The Hall–Kier alpha value is -2.77. The Balaban J connectivity index is 2.27. The largest absolute Gasteiger partial charge is 0.495 e. The van der Waals surface area contributed by atoms with Gasteiger partial charge in [-0.3, -0.25) is 4.79 Å². The SMILES string of the molecule is CCc1ccc(/C=C(/C#N)C(=O)Nc2cc(C)c(Cl)cc2OC)cc1. The lowest BCUT2D eigenvalue weighted by atomic mass is 10.1. The molecule has 0 radical (unpaired) electrons. The number of aryl methyl sites for hydroxylation is 2. The number of hydrogen-bond acceptors (Lipinski definition) is 3. The summed E-state index contributed by atoms with van der Waals surface area (Å²) in [5, 5.41) is 12.6. The van der Waals surface area contributed by atoms with Gasteiger partial charge in [0.1, 0.15) is 17.4 Å². The number of hydrogen-bond donors (Lipinski definition) is 1. The van der Waals surface area contributed by atoms with Gasteiger partial charge in [-0.1, -0.05) is 42.8 Å². The van der Waals surface area contributed by atoms with E-state index in [4.69, 9.17) is 16.3 Å². The predicted molar refractivity (Wildman–Crippen MR) is 101 cm³/mol. The van der Waals surface area contributed by atoms with Crippen LogP contribution in [0.2, 0.25) is 5.02 Å². The molecular weight excluding hydrogens is 336 g/mol. The highest BCUT2D eigenvalue weighted by Gasteiger charge is 2.14. The summed E-state index contributed by atoms with van der Waals surface area (Å²) in [5.41, 5.74) is 3.27. The fraction of sp³-hybridized carbons (Fsp3) is 0.200. The summed E-state index contributed by atoms with van der Waals surface area (Å²) < 4.78 is 5.24. The third kappa shape index (κ3) is 4.62. The van der Waals surface area contributed by atoms with Crippen molar-refractivity contribution in [1.82, 2.24) is 0 Å². The third-order valence-corrected chi connectivity index (χ3v) is 4.20. The third-order valence-electron chi connectivity index (χ3n) is 3.79. The van der Waals surface area contributed by atoms with E-state index in [2.05, 4.69) is 12.2 Å². The second-order valence-corrected chi connectivity index (χ2v) is 5.93. The molecule has 0 spiro atoms.